The van der Waals surface area contributed by atoms with Gasteiger partial charge in [-0.15, -0.1) is 11.6 Å². The van der Waals surface area contributed by atoms with Gasteiger partial charge in [-0.3, -0.25) is 19.2 Å². The third-order valence-corrected chi connectivity index (χ3v) is 8.17. The van der Waals surface area contributed by atoms with Gasteiger partial charge in [-0.2, -0.15) is 0 Å². The monoisotopic (exact) mass is 665 g/mol. The van der Waals surface area contributed by atoms with E-state index in [1.54, 1.807) is 62.3 Å². The predicted octanol–water partition coefficient (Wildman–Crippen LogP) is 5.76. The molecule has 1 aromatic carbocycles. The van der Waals surface area contributed by atoms with Gasteiger partial charge >= 0.3 is 24.0 Å². The molecule has 46 heavy (non-hydrogen) atoms. The van der Waals surface area contributed by atoms with E-state index in [0.29, 0.717) is 12.8 Å². The van der Waals surface area contributed by atoms with Gasteiger partial charge in [0.2, 0.25) is 6.29 Å². The third-order valence-electron chi connectivity index (χ3n) is 7.68. The Bertz CT molecular complexity index is 1280. The van der Waals surface area contributed by atoms with E-state index in [1.165, 1.54) is 0 Å². The zero-order valence-electron chi connectivity index (χ0n) is 28.5. The van der Waals surface area contributed by atoms with E-state index in [4.69, 9.17) is 35.3 Å². The average Bonchev–Trinajstić information content (AvgIpc) is 3.29. The molecule has 2 fully saturated rings. The minimum atomic E-state index is -1.45. The van der Waals surface area contributed by atoms with Gasteiger partial charge in [-0.05, 0) is 74.3 Å². The lowest BCUT2D eigenvalue weighted by atomic mass is 9.89. The van der Waals surface area contributed by atoms with Gasteiger partial charge in [0.05, 0.1) is 16.2 Å². The highest BCUT2D eigenvalue weighted by Gasteiger charge is 2.62. The molecule has 0 saturated carbocycles. The van der Waals surface area contributed by atoms with Crippen LogP contribution in [0, 0.1) is 16.2 Å². The fourth-order valence-electron chi connectivity index (χ4n) is 4.96. The minimum Gasteiger partial charge on any atom is -0.462 e. The molecular weight excluding hydrogens is 618 g/mol. The molecule has 0 aliphatic carbocycles. The topological polar surface area (TPSA) is 135 Å². The lowest BCUT2D eigenvalue weighted by Gasteiger charge is -2.44. The third kappa shape index (κ3) is 8.59. The number of nitrogens with zero attached hydrogens (tertiary/aromatic N) is 1. The molecular formula is C34H48ClNO10. The molecule has 0 spiro atoms. The van der Waals surface area contributed by atoms with Crippen LogP contribution in [0.3, 0.4) is 0 Å². The van der Waals surface area contributed by atoms with Gasteiger partial charge in [0, 0.05) is 5.92 Å². The summed E-state index contributed by atoms with van der Waals surface area (Å²) in [6, 6.07) is 7.88. The van der Waals surface area contributed by atoms with Gasteiger partial charge in [0.15, 0.2) is 12.2 Å². The van der Waals surface area contributed by atoms with Crippen molar-refractivity contribution in [3.05, 3.63) is 35.9 Å². The first-order valence-corrected chi connectivity index (χ1v) is 16.1. The average molecular weight is 666 g/mol. The zero-order chi connectivity index (χ0) is 34.8. The Morgan fingerprint density at radius 3 is 1.87 bits per heavy atom. The van der Waals surface area contributed by atoms with Crippen molar-refractivity contribution in [1.82, 2.24) is 4.90 Å². The summed E-state index contributed by atoms with van der Waals surface area (Å²) in [7, 11) is 0. The number of hydrogen-bond donors (Lipinski definition) is 0. The first-order valence-electron chi connectivity index (χ1n) is 15.7. The van der Waals surface area contributed by atoms with Gasteiger partial charge in [-0.1, -0.05) is 43.7 Å². The van der Waals surface area contributed by atoms with E-state index >= 15 is 0 Å². The summed E-state index contributed by atoms with van der Waals surface area (Å²) >= 11 is 6.86. The second kappa shape index (κ2) is 14.3. The van der Waals surface area contributed by atoms with Crippen molar-refractivity contribution in [1.29, 1.82) is 0 Å². The standard InChI is InChI=1S/C34H48ClNO10/c1-11-15-20(19-16-13-12-14-17-19)22(35)26(37)36-23-25(45-30(40)34(8,9)10)24(44-29(39)33(5,6)7)21(43-27(23)46-31(36)41)18-42-28(38)32(2,3)4/h12-14,16-17,20-25,27H,11,15,18H2,1-10H3/t20?,21-,22?,23-,24+,25-,27-/m1/s1. The molecule has 2 saturated heterocycles. The van der Waals surface area contributed by atoms with E-state index in [0.717, 1.165) is 10.5 Å². The Morgan fingerprint density at radius 2 is 1.37 bits per heavy atom. The van der Waals surface area contributed by atoms with Crippen LogP contribution in [0.5, 0.6) is 0 Å². The Kier molecular flexibility index (Phi) is 11.6. The van der Waals surface area contributed by atoms with Crippen molar-refractivity contribution in [3.63, 3.8) is 0 Å². The molecule has 0 aromatic heterocycles. The molecule has 2 aliphatic rings. The maximum Gasteiger partial charge on any atom is 0.419 e. The van der Waals surface area contributed by atoms with Crippen LogP contribution in [0.25, 0.3) is 0 Å². The predicted molar refractivity (Wildman–Crippen MR) is 169 cm³/mol. The van der Waals surface area contributed by atoms with Crippen LogP contribution in [0.15, 0.2) is 30.3 Å². The van der Waals surface area contributed by atoms with Gasteiger partial charge in [0.25, 0.3) is 5.91 Å². The van der Waals surface area contributed by atoms with Gasteiger partial charge in [0.1, 0.15) is 24.1 Å². The smallest absolute Gasteiger partial charge is 0.419 e. The van der Waals surface area contributed by atoms with E-state index in [2.05, 4.69) is 0 Å². The molecule has 256 valence electrons. The number of hydrogen-bond acceptors (Lipinski definition) is 10. The number of halogens is 1. The molecule has 2 heterocycles. The first kappa shape index (κ1) is 37.3. The van der Waals surface area contributed by atoms with Crippen molar-refractivity contribution in [2.75, 3.05) is 6.61 Å². The number of benzene rings is 1. The van der Waals surface area contributed by atoms with Crippen LogP contribution in [-0.2, 0) is 42.9 Å². The van der Waals surface area contributed by atoms with Gasteiger partial charge < -0.3 is 23.7 Å². The van der Waals surface area contributed by atoms with E-state index in [1.807, 2.05) is 37.3 Å². The largest absolute Gasteiger partial charge is 0.462 e. The number of carbonyl (C=O) groups is 5. The number of imide groups is 1. The maximum absolute atomic E-state index is 14.1. The fourth-order valence-corrected chi connectivity index (χ4v) is 5.34. The highest BCUT2D eigenvalue weighted by molar-refractivity contribution is 6.32. The summed E-state index contributed by atoms with van der Waals surface area (Å²) in [4.78, 5) is 67.7. The fraction of sp³-hybridized carbons (Fsp3) is 0.676. The molecule has 11 nitrogen and oxygen atoms in total. The minimum absolute atomic E-state index is 0.415. The van der Waals surface area contributed by atoms with E-state index < -0.39 is 94.7 Å². The summed E-state index contributed by atoms with van der Waals surface area (Å²) in [5.74, 6) is -3.15. The molecule has 0 bridgehead atoms. The number of fused-ring (bicyclic) bond motifs is 1. The SMILES string of the molecule is CCCC(c1ccccc1)C(Cl)C(=O)N1C(=O)O[C@H]2O[C@H](COC(=O)C(C)(C)C)[C@H](OC(=O)C(C)(C)C)[C@H](OC(=O)C(C)(C)C)[C@H]21. The van der Waals surface area contributed by atoms with Crippen LogP contribution >= 0.6 is 11.6 Å². The Labute approximate surface area is 276 Å². The molecule has 2 amide bonds. The summed E-state index contributed by atoms with van der Waals surface area (Å²) in [5, 5.41) is -1.20. The maximum atomic E-state index is 14.1. The molecule has 2 aliphatic heterocycles. The Hall–Kier alpha value is -3.18. The second-order valence-electron chi connectivity index (χ2n) is 14.9. The Balaban J connectivity index is 2.09. The highest BCUT2D eigenvalue weighted by atomic mass is 35.5. The van der Waals surface area contributed by atoms with Crippen molar-refractivity contribution in [2.45, 2.75) is 124 Å². The molecule has 1 aromatic rings. The van der Waals surface area contributed by atoms with Crippen LogP contribution in [0.4, 0.5) is 4.79 Å². The lowest BCUT2D eigenvalue weighted by molar-refractivity contribution is -0.259. The van der Waals surface area contributed by atoms with Crippen LogP contribution < -0.4 is 0 Å². The van der Waals surface area contributed by atoms with Crippen molar-refractivity contribution in [2.24, 2.45) is 16.2 Å². The quantitative estimate of drug-likeness (QED) is 0.182. The summed E-state index contributed by atoms with van der Waals surface area (Å²) in [5.41, 5.74) is -2.06. The number of amides is 2. The summed E-state index contributed by atoms with van der Waals surface area (Å²) < 4.78 is 29.1. The number of esters is 3. The van der Waals surface area contributed by atoms with Crippen LogP contribution in [-0.4, -0.2) is 77.4 Å². The van der Waals surface area contributed by atoms with Crippen LogP contribution in [0.2, 0.25) is 0 Å². The summed E-state index contributed by atoms with van der Waals surface area (Å²) in [6.07, 6.45) is -5.31. The molecule has 3 rings (SSSR count). The molecule has 7 atom stereocenters. The van der Waals surface area contributed by atoms with Crippen LogP contribution in [0.1, 0.15) is 93.6 Å². The molecule has 2 unspecified atom stereocenters. The van der Waals surface area contributed by atoms with Gasteiger partial charge in [-0.25, -0.2) is 9.69 Å². The zero-order valence-corrected chi connectivity index (χ0v) is 29.2. The second-order valence-corrected chi connectivity index (χ2v) is 15.4. The first-order chi connectivity index (χ1) is 21.2. The molecule has 0 radical (unpaired) electrons. The van der Waals surface area contributed by atoms with Crippen molar-refractivity contribution >= 4 is 41.5 Å². The number of rotatable bonds is 9. The molecule has 0 N–H and O–H groups in total. The van der Waals surface area contributed by atoms with Crippen molar-refractivity contribution < 1.29 is 47.7 Å². The molecule has 12 heteroatoms. The normalized spacial score (nSPS) is 24.7. The summed E-state index contributed by atoms with van der Waals surface area (Å²) in [6.45, 7) is 16.4. The van der Waals surface area contributed by atoms with E-state index in [-0.39, 0.29) is 0 Å². The van der Waals surface area contributed by atoms with Crippen molar-refractivity contribution in [3.8, 4) is 0 Å². The van der Waals surface area contributed by atoms with E-state index in [9.17, 15) is 24.0 Å². The highest BCUT2D eigenvalue weighted by Crippen LogP contribution is 2.39. The number of alkyl halides is 1. The number of carbonyl (C=O) groups excluding carboxylic acids is 5. The lowest BCUT2D eigenvalue weighted by Crippen LogP contribution is -2.65. The Morgan fingerprint density at radius 1 is 0.848 bits per heavy atom. The number of ether oxygens (including phenoxy) is 5.